The molecule has 0 aliphatic rings. The number of hydrogen-bond donors (Lipinski definition) is 2. The molecule has 0 saturated heterocycles. The number of carboxylic acid groups (broad SMARTS) is 1. The van der Waals surface area contributed by atoms with Crippen LogP contribution in [0.5, 0.6) is 11.5 Å². The van der Waals surface area contributed by atoms with Gasteiger partial charge in [0.05, 0.1) is 4.90 Å². The number of phenols is 1. The smallest absolute Gasteiger partial charge is 0.339 e. The molecule has 138 valence electrons. The number of rotatable bonds is 8. The summed E-state index contributed by atoms with van der Waals surface area (Å²) in [5, 5.41) is 18.3. The number of sulfone groups is 1. The average molecular weight is 380 g/mol. The molecule has 2 aromatic rings. The normalized spacial score (nSPS) is 10.9. The highest BCUT2D eigenvalue weighted by Gasteiger charge is 2.20. The van der Waals surface area contributed by atoms with Gasteiger partial charge in [-0.1, -0.05) is 18.2 Å². The van der Waals surface area contributed by atoms with Gasteiger partial charge in [0.25, 0.3) is 0 Å². The van der Waals surface area contributed by atoms with Crippen LogP contribution in [0.4, 0.5) is 0 Å². The van der Waals surface area contributed by atoms with Crippen LogP contribution in [0.2, 0.25) is 0 Å². The molecule has 0 saturated carbocycles. The van der Waals surface area contributed by atoms with Crippen LogP contribution in [-0.2, 0) is 19.4 Å². The molecule has 2 N–H and O–H groups in total. The van der Waals surface area contributed by atoms with E-state index >= 15 is 0 Å². The SMILES string of the molecule is O=C(CS(=O)(=O)c1ccccc1)OCCOc1ccc(C(=O)O)c(O)c1. The van der Waals surface area contributed by atoms with Crippen LogP contribution in [0.15, 0.2) is 53.4 Å². The summed E-state index contributed by atoms with van der Waals surface area (Å²) < 4.78 is 34.0. The molecule has 0 bridgehead atoms. The molecule has 2 rings (SSSR count). The highest BCUT2D eigenvalue weighted by Crippen LogP contribution is 2.23. The first-order valence-corrected chi connectivity index (χ1v) is 9.07. The van der Waals surface area contributed by atoms with E-state index in [0.717, 1.165) is 6.07 Å². The average Bonchev–Trinajstić information content (AvgIpc) is 2.59. The van der Waals surface area contributed by atoms with Gasteiger partial charge in [0.1, 0.15) is 30.3 Å². The summed E-state index contributed by atoms with van der Waals surface area (Å²) in [7, 11) is -3.77. The fourth-order valence-corrected chi connectivity index (χ4v) is 3.14. The maximum Gasteiger partial charge on any atom is 0.339 e. The van der Waals surface area contributed by atoms with E-state index in [4.69, 9.17) is 14.6 Å². The van der Waals surface area contributed by atoms with E-state index in [1.54, 1.807) is 18.2 Å². The van der Waals surface area contributed by atoms with E-state index in [2.05, 4.69) is 0 Å². The molecule has 0 radical (unpaired) electrons. The van der Waals surface area contributed by atoms with Gasteiger partial charge in [-0.3, -0.25) is 4.79 Å². The Balaban J connectivity index is 1.80. The molecule has 0 unspecified atom stereocenters. The summed E-state index contributed by atoms with van der Waals surface area (Å²) >= 11 is 0. The summed E-state index contributed by atoms with van der Waals surface area (Å²) in [6.07, 6.45) is 0. The topological polar surface area (TPSA) is 127 Å². The number of ether oxygens (including phenoxy) is 2. The van der Waals surface area contributed by atoms with Crippen molar-refractivity contribution in [2.45, 2.75) is 4.90 Å². The van der Waals surface area contributed by atoms with Gasteiger partial charge in [-0.15, -0.1) is 0 Å². The number of carbonyl (C=O) groups excluding carboxylic acids is 1. The molecule has 8 nitrogen and oxygen atoms in total. The fourth-order valence-electron chi connectivity index (χ4n) is 2.01. The third kappa shape index (κ3) is 5.21. The van der Waals surface area contributed by atoms with E-state index in [-0.39, 0.29) is 29.4 Å². The Morgan fingerprint density at radius 3 is 2.31 bits per heavy atom. The van der Waals surface area contributed by atoms with E-state index in [1.807, 2.05) is 0 Å². The zero-order chi connectivity index (χ0) is 19.2. The van der Waals surface area contributed by atoms with E-state index in [1.165, 1.54) is 24.3 Å². The molecule has 0 aromatic heterocycles. The molecule has 9 heteroatoms. The summed E-state index contributed by atoms with van der Waals surface area (Å²) in [6, 6.07) is 11.2. The summed E-state index contributed by atoms with van der Waals surface area (Å²) in [5.41, 5.74) is -0.269. The van der Waals surface area contributed by atoms with Gasteiger partial charge in [-0.25, -0.2) is 13.2 Å². The lowest BCUT2D eigenvalue weighted by molar-refractivity contribution is -0.141. The van der Waals surface area contributed by atoms with Crippen molar-refractivity contribution in [2.24, 2.45) is 0 Å². The predicted octanol–water partition coefficient (Wildman–Crippen LogP) is 1.49. The third-order valence-corrected chi connectivity index (χ3v) is 4.83. The van der Waals surface area contributed by atoms with Crippen LogP contribution >= 0.6 is 0 Å². The fraction of sp³-hybridized carbons (Fsp3) is 0.176. The van der Waals surface area contributed by atoms with Crippen molar-refractivity contribution in [1.82, 2.24) is 0 Å². The highest BCUT2D eigenvalue weighted by molar-refractivity contribution is 7.92. The van der Waals surface area contributed by atoms with Gasteiger partial charge in [-0.05, 0) is 24.3 Å². The molecule has 2 aromatic carbocycles. The van der Waals surface area contributed by atoms with Crippen LogP contribution in [0.3, 0.4) is 0 Å². The second kappa shape index (κ2) is 8.34. The van der Waals surface area contributed by atoms with E-state index in [9.17, 15) is 23.1 Å². The van der Waals surface area contributed by atoms with Crippen LogP contribution in [-0.4, -0.2) is 49.5 Å². The van der Waals surface area contributed by atoms with Crippen molar-refractivity contribution in [3.63, 3.8) is 0 Å². The molecule has 26 heavy (non-hydrogen) atoms. The largest absolute Gasteiger partial charge is 0.507 e. The van der Waals surface area contributed by atoms with Crippen LogP contribution in [0, 0.1) is 0 Å². The molecule has 0 fully saturated rings. The number of carboxylic acids is 1. The maximum absolute atomic E-state index is 12.0. The number of carbonyl (C=O) groups is 2. The minimum Gasteiger partial charge on any atom is -0.507 e. The number of aromatic carboxylic acids is 1. The van der Waals surface area contributed by atoms with Crippen LogP contribution in [0.1, 0.15) is 10.4 Å². The van der Waals surface area contributed by atoms with Crippen molar-refractivity contribution >= 4 is 21.8 Å². The van der Waals surface area contributed by atoms with Crippen molar-refractivity contribution in [3.8, 4) is 11.5 Å². The van der Waals surface area contributed by atoms with Crippen LogP contribution < -0.4 is 4.74 Å². The zero-order valence-corrected chi connectivity index (χ0v) is 14.3. The summed E-state index contributed by atoms with van der Waals surface area (Å²) in [6.45, 7) is -0.298. The van der Waals surface area contributed by atoms with E-state index in [0.29, 0.717) is 0 Å². The van der Waals surface area contributed by atoms with Gasteiger partial charge in [0.2, 0.25) is 0 Å². The van der Waals surface area contributed by atoms with E-state index < -0.39 is 33.3 Å². The summed E-state index contributed by atoms with van der Waals surface area (Å²) in [4.78, 5) is 22.5. The molecule has 0 heterocycles. The molecule has 0 aliphatic carbocycles. The first-order valence-electron chi connectivity index (χ1n) is 7.42. The molecule has 0 aliphatic heterocycles. The van der Waals surface area contributed by atoms with Gasteiger partial charge in [0, 0.05) is 6.07 Å². The number of esters is 1. The minimum atomic E-state index is -3.77. The lowest BCUT2D eigenvalue weighted by Crippen LogP contribution is -2.21. The minimum absolute atomic E-state index is 0.0298. The molecule has 0 spiro atoms. The lowest BCUT2D eigenvalue weighted by Gasteiger charge is -2.09. The Bertz CT molecular complexity index is 890. The van der Waals surface area contributed by atoms with Crippen molar-refractivity contribution < 1.29 is 37.7 Å². The molecule has 0 atom stereocenters. The van der Waals surface area contributed by atoms with Gasteiger partial charge in [-0.2, -0.15) is 0 Å². The Hall–Kier alpha value is -3.07. The second-order valence-corrected chi connectivity index (χ2v) is 7.11. The number of aromatic hydroxyl groups is 1. The number of benzene rings is 2. The molecule has 0 amide bonds. The van der Waals surface area contributed by atoms with Crippen LogP contribution in [0.25, 0.3) is 0 Å². The highest BCUT2D eigenvalue weighted by atomic mass is 32.2. The first-order chi connectivity index (χ1) is 12.3. The Kier molecular flexibility index (Phi) is 6.18. The van der Waals surface area contributed by atoms with Crippen molar-refractivity contribution in [3.05, 3.63) is 54.1 Å². The number of hydrogen-bond acceptors (Lipinski definition) is 7. The van der Waals surface area contributed by atoms with Gasteiger partial charge in [0.15, 0.2) is 15.6 Å². The second-order valence-electron chi connectivity index (χ2n) is 5.13. The third-order valence-electron chi connectivity index (χ3n) is 3.22. The zero-order valence-electron chi connectivity index (χ0n) is 13.5. The first kappa shape index (κ1) is 19.3. The Morgan fingerprint density at radius 1 is 1.00 bits per heavy atom. The maximum atomic E-state index is 12.0. The quantitative estimate of drug-likeness (QED) is 0.521. The molecular formula is C17H16O8S. The van der Waals surface area contributed by atoms with Crippen molar-refractivity contribution in [1.29, 1.82) is 0 Å². The lowest BCUT2D eigenvalue weighted by atomic mass is 10.2. The standard InChI is InChI=1S/C17H16O8S/c18-15-10-12(6-7-14(15)17(20)21)24-8-9-25-16(19)11-26(22,23)13-4-2-1-3-5-13/h1-7,10,18H,8-9,11H2,(H,20,21). The predicted molar refractivity (Wildman–Crippen MR) is 90.0 cm³/mol. The molecular weight excluding hydrogens is 364 g/mol. The van der Waals surface area contributed by atoms with Gasteiger partial charge < -0.3 is 19.7 Å². The Morgan fingerprint density at radius 2 is 1.69 bits per heavy atom. The summed E-state index contributed by atoms with van der Waals surface area (Å²) in [5.74, 6) is -3.25. The van der Waals surface area contributed by atoms with Gasteiger partial charge >= 0.3 is 11.9 Å². The Labute approximate surface area is 149 Å². The monoisotopic (exact) mass is 380 g/mol. The van der Waals surface area contributed by atoms with Crippen molar-refractivity contribution in [2.75, 3.05) is 19.0 Å².